The van der Waals surface area contributed by atoms with Gasteiger partial charge in [0.05, 0.1) is 6.54 Å². The van der Waals surface area contributed by atoms with E-state index >= 15 is 0 Å². The summed E-state index contributed by atoms with van der Waals surface area (Å²) >= 11 is 0. The number of para-hydroxylation sites is 1. The van der Waals surface area contributed by atoms with E-state index in [9.17, 15) is 0 Å². The Hall–Kier alpha value is -2.03. The highest BCUT2D eigenvalue weighted by Gasteiger charge is 2.24. The van der Waals surface area contributed by atoms with Crippen LogP contribution in [-0.4, -0.2) is 61.7 Å². The molecule has 1 saturated heterocycles. The van der Waals surface area contributed by atoms with Crippen molar-refractivity contribution in [1.29, 1.82) is 0 Å². The molecule has 2 aliphatic rings. The quantitative estimate of drug-likeness (QED) is 0.417. The van der Waals surface area contributed by atoms with E-state index in [-0.39, 0.29) is 30.1 Å². The number of aliphatic imine (C=N–C) groups is 1. The molecule has 1 N–H and O–H groups in total. The second-order valence-corrected chi connectivity index (χ2v) is 6.64. The lowest BCUT2D eigenvalue weighted by atomic mass is 10.1. The number of anilines is 1. The SMILES string of the molecule is CN=C(NCC1Cc2ccccc2O1)N1CCN(c2ccccn2)CC1.I. The Kier molecular flexibility index (Phi) is 6.76. The standard InChI is InChI=1S/C20H25N5O.HI/c1-21-20(23-15-17-14-16-6-2-3-7-18(16)26-17)25-12-10-24(11-13-25)19-8-4-5-9-22-19;/h2-9,17H,10-15H2,1H3,(H,21,23);1H. The van der Waals surface area contributed by atoms with Crippen LogP contribution in [0.4, 0.5) is 5.82 Å². The first kappa shape index (κ1) is 19.7. The van der Waals surface area contributed by atoms with Crippen LogP contribution in [0.2, 0.25) is 0 Å². The number of hydrogen-bond donors (Lipinski definition) is 1. The lowest BCUT2D eigenvalue weighted by Crippen LogP contribution is -2.53. The van der Waals surface area contributed by atoms with E-state index in [1.165, 1.54) is 5.56 Å². The average Bonchev–Trinajstić information content (AvgIpc) is 3.12. The van der Waals surface area contributed by atoms with Crippen LogP contribution in [0.15, 0.2) is 53.7 Å². The molecule has 0 spiro atoms. The second kappa shape index (κ2) is 9.25. The molecule has 27 heavy (non-hydrogen) atoms. The van der Waals surface area contributed by atoms with Gasteiger partial charge in [-0.05, 0) is 23.8 Å². The summed E-state index contributed by atoms with van der Waals surface area (Å²) in [5.74, 6) is 3.01. The molecule has 4 rings (SSSR count). The van der Waals surface area contributed by atoms with E-state index in [0.29, 0.717) is 0 Å². The van der Waals surface area contributed by atoms with E-state index in [4.69, 9.17) is 4.74 Å². The second-order valence-electron chi connectivity index (χ2n) is 6.64. The van der Waals surface area contributed by atoms with Crippen molar-refractivity contribution in [3.05, 3.63) is 54.2 Å². The lowest BCUT2D eigenvalue weighted by Gasteiger charge is -2.37. The minimum absolute atomic E-state index is 0. The van der Waals surface area contributed by atoms with Crippen molar-refractivity contribution in [2.45, 2.75) is 12.5 Å². The monoisotopic (exact) mass is 479 g/mol. The van der Waals surface area contributed by atoms with Gasteiger partial charge in [0.1, 0.15) is 17.7 Å². The van der Waals surface area contributed by atoms with Crippen LogP contribution >= 0.6 is 24.0 Å². The van der Waals surface area contributed by atoms with E-state index in [2.05, 4.69) is 43.3 Å². The highest BCUT2D eigenvalue weighted by molar-refractivity contribution is 14.0. The smallest absolute Gasteiger partial charge is 0.193 e. The lowest BCUT2D eigenvalue weighted by molar-refractivity contribution is 0.232. The average molecular weight is 479 g/mol. The maximum absolute atomic E-state index is 6.01. The molecule has 3 heterocycles. The summed E-state index contributed by atoms with van der Waals surface area (Å²) < 4.78 is 6.01. The summed E-state index contributed by atoms with van der Waals surface area (Å²) in [4.78, 5) is 13.5. The fourth-order valence-corrected chi connectivity index (χ4v) is 3.59. The zero-order valence-electron chi connectivity index (χ0n) is 15.5. The zero-order valence-corrected chi connectivity index (χ0v) is 17.9. The number of benzene rings is 1. The van der Waals surface area contributed by atoms with Crippen LogP contribution in [-0.2, 0) is 6.42 Å². The first-order valence-corrected chi connectivity index (χ1v) is 9.19. The zero-order chi connectivity index (χ0) is 17.8. The summed E-state index contributed by atoms with van der Waals surface area (Å²) in [5, 5.41) is 3.49. The van der Waals surface area contributed by atoms with Gasteiger partial charge in [-0.15, -0.1) is 24.0 Å². The molecule has 2 aliphatic heterocycles. The third-order valence-corrected chi connectivity index (χ3v) is 4.97. The van der Waals surface area contributed by atoms with Gasteiger partial charge < -0.3 is 19.9 Å². The minimum atomic E-state index is 0. The molecule has 1 atom stereocenters. The van der Waals surface area contributed by atoms with Gasteiger partial charge in [-0.3, -0.25) is 4.99 Å². The Morgan fingerprint density at radius 3 is 2.63 bits per heavy atom. The molecular formula is C20H26IN5O. The van der Waals surface area contributed by atoms with Crippen molar-refractivity contribution in [1.82, 2.24) is 15.2 Å². The third kappa shape index (κ3) is 4.63. The van der Waals surface area contributed by atoms with Crippen LogP contribution in [0.25, 0.3) is 0 Å². The number of aromatic nitrogens is 1. The van der Waals surface area contributed by atoms with Crippen molar-refractivity contribution >= 4 is 35.8 Å². The van der Waals surface area contributed by atoms with Gasteiger partial charge in [0.15, 0.2) is 5.96 Å². The van der Waals surface area contributed by atoms with Crippen molar-refractivity contribution in [2.75, 3.05) is 44.7 Å². The first-order valence-electron chi connectivity index (χ1n) is 9.19. The molecule has 7 heteroatoms. The normalized spacial score (nSPS) is 19.1. The Morgan fingerprint density at radius 1 is 1.15 bits per heavy atom. The molecule has 0 aliphatic carbocycles. The molecule has 1 aromatic heterocycles. The van der Waals surface area contributed by atoms with E-state index in [1.807, 2.05) is 37.5 Å². The molecule has 2 aromatic rings. The maximum Gasteiger partial charge on any atom is 0.193 e. The van der Waals surface area contributed by atoms with E-state index < -0.39 is 0 Å². The Balaban J connectivity index is 0.00000210. The number of ether oxygens (including phenoxy) is 1. The van der Waals surface area contributed by atoms with Gasteiger partial charge in [-0.1, -0.05) is 24.3 Å². The van der Waals surface area contributed by atoms with Crippen LogP contribution < -0.4 is 15.0 Å². The molecule has 144 valence electrons. The summed E-state index contributed by atoms with van der Waals surface area (Å²) in [6.07, 6.45) is 2.97. The van der Waals surface area contributed by atoms with Gasteiger partial charge in [-0.2, -0.15) is 0 Å². The molecule has 1 unspecified atom stereocenters. The number of fused-ring (bicyclic) bond motifs is 1. The van der Waals surface area contributed by atoms with E-state index in [1.54, 1.807) is 0 Å². The molecule has 0 amide bonds. The summed E-state index contributed by atoms with van der Waals surface area (Å²) in [7, 11) is 1.84. The van der Waals surface area contributed by atoms with Crippen LogP contribution in [0, 0.1) is 0 Å². The van der Waals surface area contributed by atoms with Crippen LogP contribution in [0.5, 0.6) is 5.75 Å². The van der Waals surface area contributed by atoms with Crippen molar-refractivity contribution in [3.63, 3.8) is 0 Å². The fraction of sp³-hybridized carbons (Fsp3) is 0.400. The van der Waals surface area contributed by atoms with Gasteiger partial charge in [-0.25, -0.2) is 4.98 Å². The number of pyridine rings is 1. The predicted octanol–water partition coefficient (Wildman–Crippen LogP) is 2.40. The number of nitrogens with zero attached hydrogens (tertiary/aromatic N) is 4. The summed E-state index contributed by atoms with van der Waals surface area (Å²) in [6.45, 7) is 4.53. The summed E-state index contributed by atoms with van der Waals surface area (Å²) in [6, 6.07) is 14.3. The highest BCUT2D eigenvalue weighted by Crippen LogP contribution is 2.27. The largest absolute Gasteiger partial charge is 0.488 e. The Morgan fingerprint density at radius 2 is 1.93 bits per heavy atom. The third-order valence-electron chi connectivity index (χ3n) is 4.97. The molecule has 6 nitrogen and oxygen atoms in total. The molecule has 1 aromatic carbocycles. The fourth-order valence-electron chi connectivity index (χ4n) is 3.59. The van der Waals surface area contributed by atoms with Gasteiger partial charge in [0.25, 0.3) is 0 Å². The number of piperazine rings is 1. The highest BCUT2D eigenvalue weighted by atomic mass is 127. The molecule has 1 fully saturated rings. The minimum Gasteiger partial charge on any atom is -0.488 e. The van der Waals surface area contributed by atoms with Crippen molar-refractivity contribution < 1.29 is 4.74 Å². The van der Waals surface area contributed by atoms with Crippen LogP contribution in [0.3, 0.4) is 0 Å². The Labute approximate surface area is 177 Å². The van der Waals surface area contributed by atoms with Crippen molar-refractivity contribution in [2.24, 2.45) is 4.99 Å². The number of halogens is 1. The van der Waals surface area contributed by atoms with Gasteiger partial charge in [0, 0.05) is 45.8 Å². The van der Waals surface area contributed by atoms with Gasteiger partial charge >= 0.3 is 0 Å². The summed E-state index contributed by atoms with van der Waals surface area (Å²) in [5.41, 5.74) is 1.29. The Bertz CT molecular complexity index is 737. The number of nitrogens with one attached hydrogen (secondary N) is 1. The number of rotatable bonds is 3. The number of guanidine groups is 1. The molecular weight excluding hydrogens is 453 g/mol. The van der Waals surface area contributed by atoms with E-state index in [0.717, 1.165) is 56.7 Å². The molecule has 0 radical (unpaired) electrons. The molecule has 0 bridgehead atoms. The number of hydrogen-bond acceptors (Lipinski definition) is 4. The van der Waals surface area contributed by atoms with Gasteiger partial charge in [0.2, 0.25) is 0 Å². The first-order chi connectivity index (χ1) is 12.8. The molecule has 0 saturated carbocycles. The van der Waals surface area contributed by atoms with Crippen LogP contribution in [0.1, 0.15) is 5.56 Å². The topological polar surface area (TPSA) is 53.0 Å². The maximum atomic E-state index is 6.01. The predicted molar refractivity (Wildman–Crippen MR) is 119 cm³/mol. The van der Waals surface area contributed by atoms with Crippen molar-refractivity contribution in [3.8, 4) is 5.75 Å².